The molecule has 0 radical (unpaired) electrons. The zero-order valence-electron chi connectivity index (χ0n) is 13.3. The number of nitrogens with zero attached hydrogens (tertiary/aromatic N) is 2. The summed E-state index contributed by atoms with van der Waals surface area (Å²) in [6, 6.07) is 0. The molecule has 1 rings (SSSR count). The highest BCUT2D eigenvalue weighted by molar-refractivity contribution is 5.77. The number of aryl methyl sites for hydroxylation is 1. The number of nitrogens with one attached hydrogen (secondary N) is 1. The molecule has 1 heterocycles. The Morgan fingerprint density at radius 1 is 1.29 bits per heavy atom. The number of aliphatic carboxylic acids is 1. The van der Waals surface area contributed by atoms with Gasteiger partial charge in [0.2, 0.25) is 5.91 Å². The van der Waals surface area contributed by atoms with Crippen molar-refractivity contribution in [1.29, 1.82) is 0 Å². The molecular formula is C15H25N3O3. The van der Waals surface area contributed by atoms with Crippen LogP contribution in [0, 0.1) is 19.8 Å². The van der Waals surface area contributed by atoms with E-state index in [2.05, 4.69) is 24.3 Å². The van der Waals surface area contributed by atoms with Crippen molar-refractivity contribution in [3.05, 3.63) is 17.0 Å². The number of rotatable bonds is 8. The maximum Gasteiger partial charge on any atom is 0.305 e. The predicted octanol–water partition coefficient (Wildman–Crippen LogP) is 1.68. The van der Waals surface area contributed by atoms with Gasteiger partial charge in [0.15, 0.2) is 0 Å². The van der Waals surface area contributed by atoms with Gasteiger partial charge in [-0.1, -0.05) is 13.8 Å². The predicted molar refractivity (Wildman–Crippen MR) is 80.1 cm³/mol. The van der Waals surface area contributed by atoms with Crippen LogP contribution < -0.4 is 5.32 Å². The van der Waals surface area contributed by atoms with Crippen molar-refractivity contribution in [2.75, 3.05) is 6.54 Å². The normalized spacial score (nSPS) is 10.9. The van der Waals surface area contributed by atoms with E-state index in [1.807, 2.05) is 18.5 Å². The largest absolute Gasteiger partial charge is 0.481 e. The van der Waals surface area contributed by atoms with Gasteiger partial charge in [-0.3, -0.25) is 14.3 Å². The topological polar surface area (TPSA) is 84.2 Å². The Morgan fingerprint density at radius 2 is 1.95 bits per heavy atom. The van der Waals surface area contributed by atoms with Crippen LogP contribution >= 0.6 is 0 Å². The highest BCUT2D eigenvalue weighted by atomic mass is 16.4. The van der Waals surface area contributed by atoms with E-state index in [1.54, 1.807) is 0 Å². The van der Waals surface area contributed by atoms with Crippen molar-refractivity contribution < 1.29 is 14.7 Å². The van der Waals surface area contributed by atoms with Crippen molar-refractivity contribution in [1.82, 2.24) is 15.1 Å². The molecule has 0 saturated heterocycles. The summed E-state index contributed by atoms with van der Waals surface area (Å²) < 4.78 is 2.00. The lowest BCUT2D eigenvalue weighted by Crippen LogP contribution is -2.26. The minimum atomic E-state index is -0.906. The Balaban J connectivity index is 2.53. The molecule has 1 aromatic rings. The molecule has 0 aliphatic heterocycles. The van der Waals surface area contributed by atoms with Gasteiger partial charge in [-0.2, -0.15) is 5.10 Å². The van der Waals surface area contributed by atoms with E-state index in [1.165, 1.54) is 0 Å². The molecular weight excluding hydrogens is 270 g/mol. The zero-order valence-corrected chi connectivity index (χ0v) is 13.3. The molecule has 0 saturated carbocycles. The lowest BCUT2D eigenvalue weighted by molar-refractivity contribution is -0.136. The number of carboxylic acids is 1. The molecule has 1 aromatic heterocycles. The van der Waals surface area contributed by atoms with Crippen molar-refractivity contribution in [3.63, 3.8) is 0 Å². The van der Waals surface area contributed by atoms with Gasteiger partial charge in [0, 0.05) is 25.2 Å². The van der Waals surface area contributed by atoms with Crippen molar-refractivity contribution in [2.45, 2.75) is 53.5 Å². The van der Waals surface area contributed by atoms with Gasteiger partial charge in [0.05, 0.1) is 12.1 Å². The SMILES string of the molecule is Cc1nn(CC(C)C)c(C)c1CCC(=O)NCCC(=O)O. The molecule has 21 heavy (non-hydrogen) atoms. The summed E-state index contributed by atoms with van der Waals surface area (Å²) in [4.78, 5) is 22.1. The van der Waals surface area contributed by atoms with Crippen LogP contribution in [0.2, 0.25) is 0 Å². The van der Waals surface area contributed by atoms with E-state index in [0.717, 1.165) is 23.5 Å². The molecule has 0 bridgehead atoms. The highest BCUT2D eigenvalue weighted by Gasteiger charge is 2.13. The third kappa shape index (κ3) is 5.57. The van der Waals surface area contributed by atoms with Crippen LogP contribution in [0.25, 0.3) is 0 Å². The van der Waals surface area contributed by atoms with Gasteiger partial charge in [0.1, 0.15) is 0 Å². The van der Waals surface area contributed by atoms with Gasteiger partial charge in [-0.25, -0.2) is 0 Å². The van der Waals surface area contributed by atoms with Crippen LogP contribution in [0.3, 0.4) is 0 Å². The summed E-state index contributed by atoms with van der Waals surface area (Å²) >= 11 is 0. The first kappa shape index (κ1) is 17.2. The van der Waals surface area contributed by atoms with E-state index in [4.69, 9.17) is 5.11 Å². The number of hydrogen-bond acceptors (Lipinski definition) is 3. The van der Waals surface area contributed by atoms with E-state index in [0.29, 0.717) is 18.8 Å². The minimum Gasteiger partial charge on any atom is -0.481 e. The van der Waals surface area contributed by atoms with Crippen LogP contribution in [0.1, 0.15) is 43.6 Å². The lowest BCUT2D eigenvalue weighted by atomic mass is 10.1. The molecule has 6 heteroatoms. The first-order chi connectivity index (χ1) is 9.81. The number of hydrogen-bond donors (Lipinski definition) is 2. The van der Waals surface area contributed by atoms with Gasteiger partial charge in [-0.05, 0) is 31.7 Å². The van der Waals surface area contributed by atoms with Crippen molar-refractivity contribution in [2.24, 2.45) is 5.92 Å². The number of aromatic nitrogens is 2. The molecule has 0 aliphatic carbocycles. The molecule has 0 spiro atoms. The number of amides is 1. The average molecular weight is 295 g/mol. The maximum absolute atomic E-state index is 11.7. The van der Waals surface area contributed by atoms with Crippen LogP contribution in [0.4, 0.5) is 0 Å². The fourth-order valence-electron chi connectivity index (χ4n) is 2.26. The Labute approximate surface area is 125 Å². The summed E-state index contributed by atoms with van der Waals surface area (Å²) in [7, 11) is 0. The van der Waals surface area contributed by atoms with Gasteiger partial charge in [-0.15, -0.1) is 0 Å². The second-order valence-corrected chi connectivity index (χ2v) is 5.72. The molecule has 0 atom stereocenters. The smallest absolute Gasteiger partial charge is 0.305 e. The van der Waals surface area contributed by atoms with E-state index in [-0.39, 0.29) is 18.9 Å². The fourth-order valence-corrected chi connectivity index (χ4v) is 2.26. The molecule has 0 aromatic carbocycles. The van der Waals surface area contributed by atoms with Crippen molar-refractivity contribution in [3.8, 4) is 0 Å². The summed E-state index contributed by atoms with van der Waals surface area (Å²) in [6.45, 7) is 9.33. The van der Waals surface area contributed by atoms with Gasteiger partial charge >= 0.3 is 5.97 Å². The molecule has 1 amide bonds. The Hall–Kier alpha value is -1.85. The van der Waals surface area contributed by atoms with Gasteiger partial charge < -0.3 is 10.4 Å². The number of carbonyl (C=O) groups excluding carboxylic acids is 1. The zero-order chi connectivity index (χ0) is 16.0. The second kappa shape index (κ2) is 7.81. The highest BCUT2D eigenvalue weighted by Crippen LogP contribution is 2.16. The molecule has 0 unspecified atom stereocenters. The fraction of sp³-hybridized carbons (Fsp3) is 0.667. The molecule has 0 fully saturated rings. The van der Waals surface area contributed by atoms with Crippen LogP contribution in [0.15, 0.2) is 0 Å². The maximum atomic E-state index is 11.7. The standard InChI is InChI=1S/C15H25N3O3/c1-10(2)9-18-12(4)13(11(3)17-18)5-6-14(19)16-8-7-15(20)21/h10H,5-9H2,1-4H3,(H,16,19)(H,20,21). The minimum absolute atomic E-state index is 0.0455. The lowest BCUT2D eigenvalue weighted by Gasteiger charge is -2.08. The third-order valence-corrected chi connectivity index (χ3v) is 3.33. The van der Waals surface area contributed by atoms with E-state index >= 15 is 0 Å². The van der Waals surface area contributed by atoms with E-state index < -0.39 is 5.97 Å². The molecule has 6 nitrogen and oxygen atoms in total. The summed E-state index contributed by atoms with van der Waals surface area (Å²) in [6.07, 6.45) is 0.944. The number of carboxylic acid groups (broad SMARTS) is 1. The first-order valence-electron chi connectivity index (χ1n) is 7.32. The van der Waals surface area contributed by atoms with Crippen LogP contribution in [0.5, 0.6) is 0 Å². The third-order valence-electron chi connectivity index (χ3n) is 3.33. The summed E-state index contributed by atoms with van der Waals surface area (Å²) in [5.74, 6) is -0.501. The number of carbonyl (C=O) groups is 2. The van der Waals surface area contributed by atoms with Gasteiger partial charge in [0.25, 0.3) is 0 Å². The Bertz CT molecular complexity index is 507. The molecule has 2 N–H and O–H groups in total. The van der Waals surface area contributed by atoms with Crippen molar-refractivity contribution >= 4 is 11.9 Å². The summed E-state index contributed by atoms with van der Waals surface area (Å²) in [5, 5.41) is 15.7. The average Bonchev–Trinajstić information content (AvgIpc) is 2.61. The first-order valence-corrected chi connectivity index (χ1v) is 7.32. The Morgan fingerprint density at radius 3 is 2.52 bits per heavy atom. The second-order valence-electron chi connectivity index (χ2n) is 5.72. The summed E-state index contributed by atoms with van der Waals surface area (Å²) in [5.41, 5.74) is 3.19. The van der Waals surface area contributed by atoms with Crippen LogP contribution in [-0.2, 0) is 22.6 Å². The van der Waals surface area contributed by atoms with Crippen LogP contribution in [-0.4, -0.2) is 33.3 Å². The molecule has 0 aliphatic rings. The monoisotopic (exact) mass is 295 g/mol. The Kier molecular flexibility index (Phi) is 6.39. The van der Waals surface area contributed by atoms with E-state index in [9.17, 15) is 9.59 Å². The quantitative estimate of drug-likeness (QED) is 0.764. The molecule has 118 valence electrons.